The zero-order chi connectivity index (χ0) is 24.7. The average molecular weight is 476 g/mol. The van der Waals surface area contributed by atoms with Crippen LogP contribution in [0.2, 0.25) is 0 Å². The van der Waals surface area contributed by atoms with E-state index >= 15 is 0 Å². The molecule has 0 unspecified atom stereocenters. The van der Waals surface area contributed by atoms with Gasteiger partial charge in [0.1, 0.15) is 11.5 Å². The van der Waals surface area contributed by atoms with Crippen LogP contribution in [0.25, 0.3) is 33.9 Å². The number of aryl methyl sites for hydroxylation is 1. The van der Waals surface area contributed by atoms with Gasteiger partial charge in [-0.1, -0.05) is 30.3 Å². The summed E-state index contributed by atoms with van der Waals surface area (Å²) in [5.74, 6) is 1.65. The van der Waals surface area contributed by atoms with E-state index < -0.39 is 11.2 Å². The molecule has 0 atom stereocenters. The van der Waals surface area contributed by atoms with Gasteiger partial charge in [0, 0.05) is 38.0 Å². The highest BCUT2D eigenvalue weighted by Gasteiger charge is 2.24. The van der Waals surface area contributed by atoms with Crippen molar-refractivity contribution in [2.45, 2.75) is 13.0 Å². The summed E-state index contributed by atoms with van der Waals surface area (Å²) in [7, 11) is 4.75. The van der Waals surface area contributed by atoms with Crippen LogP contribution in [0.5, 0.6) is 11.5 Å². The Morgan fingerprint density at radius 2 is 1.80 bits per heavy atom. The van der Waals surface area contributed by atoms with Crippen LogP contribution in [-0.2, 0) is 13.6 Å². The number of hydrogen-bond acceptors (Lipinski definition) is 6. The van der Waals surface area contributed by atoms with E-state index in [4.69, 9.17) is 14.5 Å². The van der Waals surface area contributed by atoms with E-state index in [1.165, 1.54) is 4.57 Å². The first-order valence-electron chi connectivity index (χ1n) is 11.1. The minimum atomic E-state index is -0.478. The van der Waals surface area contributed by atoms with Gasteiger partial charge in [-0.15, -0.1) is 0 Å². The highest BCUT2D eigenvalue weighted by molar-refractivity contribution is 5.80. The van der Waals surface area contributed by atoms with Gasteiger partial charge in [0.15, 0.2) is 11.2 Å². The number of aliphatic hydroxyl groups is 1. The van der Waals surface area contributed by atoms with Gasteiger partial charge in [-0.05, 0) is 18.6 Å². The van der Waals surface area contributed by atoms with Crippen molar-refractivity contribution in [1.29, 1.82) is 0 Å². The number of aromatic nitrogens is 5. The SMILES string of the molecule is COc1ccc(-n2c(-c3ccccc3)cn3c4c(=O)n(CCCO)c(=O)n(C)c4nc23)c(OC)c1. The summed E-state index contributed by atoms with van der Waals surface area (Å²) in [5.41, 5.74) is 2.02. The van der Waals surface area contributed by atoms with E-state index in [-0.39, 0.29) is 24.3 Å². The number of hydrogen-bond donors (Lipinski definition) is 1. The number of aliphatic hydroxyl groups excluding tert-OH is 1. The van der Waals surface area contributed by atoms with E-state index in [1.54, 1.807) is 31.7 Å². The summed E-state index contributed by atoms with van der Waals surface area (Å²) < 4.78 is 17.1. The highest BCUT2D eigenvalue weighted by atomic mass is 16.5. The molecule has 35 heavy (non-hydrogen) atoms. The predicted molar refractivity (Wildman–Crippen MR) is 132 cm³/mol. The monoisotopic (exact) mass is 475 g/mol. The minimum Gasteiger partial charge on any atom is -0.497 e. The van der Waals surface area contributed by atoms with Crippen molar-refractivity contribution >= 4 is 16.9 Å². The van der Waals surface area contributed by atoms with Crippen molar-refractivity contribution < 1.29 is 14.6 Å². The smallest absolute Gasteiger partial charge is 0.332 e. The second-order valence-corrected chi connectivity index (χ2v) is 8.08. The molecule has 1 N–H and O–H groups in total. The lowest BCUT2D eigenvalue weighted by molar-refractivity contribution is 0.277. The first kappa shape index (κ1) is 22.5. The Morgan fingerprint density at radius 1 is 1.03 bits per heavy atom. The second-order valence-electron chi connectivity index (χ2n) is 8.08. The number of rotatable bonds is 7. The van der Waals surface area contributed by atoms with Gasteiger partial charge < -0.3 is 14.6 Å². The van der Waals surface area contributed by atoms with Gasteiger partial charge >= 0.3 is 5.69 Å². The quantitative estimate of drug-likeness (QED) is 0.387. The van der Waals surface area contributed by atoms with Gasteiger partial charge in [0.2, 0.25) is 5.78 Å². The lowest BCUT2D eigenvalue weighted by atomic mass is 10.1. The Hall–Kier alpha value is -4.31. The fourth-order valence-electron chi connectivity index (χ4n) is 4.34. The van der Waals surface area contributed by atoms with Crippen LogP contribution in [0.4, 0.5) is 0 Å². The highest BCUT2D eigenvalue weighted by Crippen LogP contribution is 2.34. The fraction of sp³-hybridized carbons (Fsp3) is 0.240. The van der Waals surface area contributed by atoms with Crippen LogP contribution in [-0.4, -0.2) is 49.0 Å². The molecular formula is C25H25N5O5. The predicted octanol–water partition coefficient (Wildman–Crippen LogP) is 2.21. The zero-order valence-corrected chi connectivity index (χ0v) is 19.6. The van der Waals surface area contributed by atoms with E-state index in [2.05, 4.69) is 0 Å². The third kappa shape index (κ3) is 3.50. The minimum absolute atomic E-state index is 0.115. The Labute approximate surface area is 199 Å². The summed E-state index contributed by atoms with van der Waals surface area (Å²) in [6, 6.07) is 15.2. The van der Waals surface area contributed by atoms with Crippen molar-refractivity contribution in [2.24, 2.45) is 7.05 Å². The summed E-state index contributed by atoms with van der Waals surface area (Å²) in [6.45, 7) is -0.00895. The zero-order valence-electron chi connectivity index (χ0n) is 19.6. The Kier molecular flexibility index (Phi) is 5.65. The molecule has 0 radical (unpaired) electrons. The first-order valence-corrected chi connectivity index (χ1v) is 11.1. The van der Waals surface area contributed by atoms with Crippen molar-refractivity contribution in [3.63, 3.8) is 0 Å². The molecule has 0 amide bonds. The number of benzene rings is 2. The van der Waals surface area contributed by atoms with Crippen LogP contribution >= 0.6 is 0 Å². The van der Waals surface area contributed by atoms with Crippen LogP contribution in [0, 0.1) is 0 Å². The Morgan fingerprint density at radius 3 is 2.49 bits per heavy atom. The maximum absolute atomic E-state index is 13.4. The molecule has 0 aliphatic carbocycles. The molecule has 0 aliphatic rings. The summed E-state index contributed by atoms with van der Waals surface area (Å²) >= 11 is 0. The topological polar surface area (TPSA) is 105 Å². The maximum Gasteiger partial charge on any atom is 0.332 e. The van der Waals surface area contributed by atoms with Crippen LogP contribution in [0.3, 0.4) is 0 Å². The van der Waals surface area contributed by atoms with Crippen LogP contribution in [0.1, 0.15) is 6.42 Å². The van der Waals surface area contributed by atoms with Gasteiger partial charge in [-0.25, -0.2) is 4.79 Å². The van der Waals surface area contributed by atoms with Crippen molar-refractivity contribution in [3.8, 4) is 28.4 Å². The number of methoxy groups -OCH3 is 2. The second kappa shape index (κ2) is 8.80. The number of nitrogens with zero attached hydrogens (tertiary/aromatic N) is 5. The molecule has 5 aromatic rings. The van der Waals surface area contributed by atoms with Gasteiger partial charge in [-0.2, -0.15) is 4.98 Å². The fourth-order valence-corrected chi connectivity index (χ4v) is 4.34. The number of ether oxygens (including phenoxy) is 2. The van der Waals surface area contributed by atoms with E-state index in [1.807, 2.05) is 53.2 Å². The third-order valence-corrected chi connectivity index (χ3v) is 6.09. The summed E-state index contributed by atoms with van der Waals surface area (Å²) in [6.07, 6.45) is 2.13. The molecule has 3 heterocycles. The van der Waals surface area contributed by atoms with Crippen LogP contribution < -0.4 is 20.7 Å². The molecule has 0 aliphatic heterocycles. The number of fused-ring (bicyclic) bond motifs is 3. The number of imidazole rings is 2. The normalized spacial score (nSPS) is 11.4. The molecule has 3 aromatic heterocycles. The van der Waals surface area contributed by atoms with Crippen molar-refractivity contribution in [3.05, 3.63) is 75.6 Å². The standard InChI is InChI=1S/C25H25N5O5/c1-27-22-21(23(32)28(25(27)33)12-7-13-31)29-15-19(16-8-5-4-6-9-16)30(24(29)26-22)18-11-10-17(34-2)14-20(18)35-3/h4-6,8-11,14-15,31H,7,12-13H2,1-3H3. The maximum atomic E-state index is 13.4. The van der Waals surface area contributed by atoms with E-state index in [9.17, 15) is 14.7 Å². The third-order valence-electron chi connectivity index (χ3n) is 6.09. The summed E-state index contributed by atoms with van der Waals surface area (Å²) in [4.78, 5) is 31.1. The van der Waals surface area contributed by atoms with E-state index in [0.29, 0.717) is 29.4 Å². The largest absolute Gasteiger partial charge is 0.497 e. The van der Waals surface area contributed by atoms with Gasteiger partial charge in [-0.3, -0.25) is 22.9 Å². The molecule has 0 fully saturated rings. The first-order chi connectivity index (χ1) is 17.0. The molecule has 0 spiro atoms. The molecule has 0 saturated heterocycles. The lowest BCUT2D eigenvalue weighted by Crippen LogP contribution is -2.39. The lowest BCUT2D eigenvalue weighted by Gasteiger charge is -2.14. The molecule has 2 aromatic carbocycles. The Balaban J connectivity index is 1.91. The molecule has 0 saturated carbocycles. The summed E-state index contributed by atoms with van der Waals surface area (Å²) in [5, 5.41) is 9.24. The van der Waals surface area contributed by atoms with E-state index in [0.717, 1.165) is 15.8 Å². The average Bonchev–Trinajstić information content (AvgIpc) is 3.44. The molecule has 10 heteroatoms. The Bertz CT molecular complexity index is 1660. The molecule has 0 bridgehead atoms. The van der Waals surface area contributed by atoms with Crippen LogP contribution in [0.15, 0.2) is 64.3 Å². The molecular weight excluding hydrogens is 450 g/mol. The van der Waals surface area contributed by atoms with Crippen molar-refractivity contribution in [2.75, 3.05) is 20.8 Å². The van der Waals surface area contributed by atoms with Crippen molar-refractivity contribution in [1.82, 2.24) is 23.1 Å². The molecule has 180 valence electrons. The molecule has 10 nitrogen and oxygen atoms in total. The van der Waals surface area contributed by atoms with Gasteiger partial charge in [0.05, 0.1) is 25.6 Å². The van der Waals surface area contributed by atoms with Gasteiger partial charge in [0.25, 0.3) is 5.56 Å². The molecule has 5 rings (SSSR count).